The summed E-state index contributed by atoms with van der Waals surface area (Å²) in [4.78, 5) is 22.3. The minimum Gasteiger partial charge on any atom is -0.321 e. The second kappa shape index (κ2) is 5.66. The number of hydrogen-bond donors (Lipinski definition) is 1. The van der Waals surface area contributed by atoms with Crippen LogP contribution in [0.2, 0.25) is 0 Å². The number of carbonyl (C=O) groups is 1. The van der Waals surface area contributed by atoms with E-state index in [1.807, 2.05) is 13.8 Å². The molecule has 1 amide bonds. The summed E-state index contributed by atoms with van der Waals surface area (Å²) in [5.74, 6) is -1.28. The number of halogens is 2. The predicted octanol–water partition coefficient (Wildman–Crippen LogP) is 4.15. The van der Waals surface area contributed by atoms with Crippen LogP contribution < -0.4 is 5.32 Å². The minimum atomic E-state index is -0.745. The molecule has 23 heavy (non-hydrogen) atoms. The lowest BCUT2D eigenvalue weighted by molar-refractivity contribution is 0.103. The van der Waals surface area contributed by atoms with Gasteiger partial charge in [0.15, 0.2) is 0 Å². The number of amides is 1. The number of carbonyl (C=O) groups excluding carboxylic acids is 1. The lowest BCUT2D eigenvalue weighted by Crippen LogP contribution is -2.11. The molecule has 3 aromatic rings. The Balaban J connectivity index is 2.01. The Morgan fingerprint density at radius 1 is 1.09 bits per heavy atom. The second-order valence-corrected chi connectivity index (χ2v) is 6.20. The van der Waals surface area contributed by atoms with Crippen LogP contribution in [0, 0.1) is 32.4 Å². The van der Waals surface area contributed by atoms with Gasteiger partial charge in [-0.15, -0.1) is 11.3 Å². The molecule has 0 aliphatic rings. The Morgan fingerprint density at radius 2 is 1.74 bits per heavy atom. The SMILES string of the molecule is Cc1nc(C)c2c(C)c(C(=O)Nc3cc(F)cc(F)c3)sc2n1. The van der Waals surface area contributed by atoms with Crippen LogP contribution in [-0.4, -0.2) is 15.9 Å². The molecule has 4 nitrogen and oxygen atoms in total. The van der Waals surface area contributed by atoms with Gasteiger partial charge < -0.3 is 5.32 Å². The fourth-order valence-corrected chi connectivity index (χ4v) is 3.68. The zero-order valence-electron chi connectivity index (χ0n) is 12.7. The number of thiophene rings is 1. The number of anilines is 1. The Kier molecular flexibility index (Phi) is 3.81. The Hall–Kier alpha value is -2.41. The van der Waals surface area contributed by atoms with E-state index in [1.54, 1.807) is 6.92 Å². The molecule has 0 bridgehead atoms. The van der Waals surface area contributed by atoms with Gasteiger partial charge >= 0.3 is 0 Å². The molecule has 1 aromatic carbocycles. The number of hydrogen-bond acceptors (Lipinski definition) is 4. The van der Waals surface area contributed by atoms with E-state index in [-0.39, 0.29) is 5.69 Å². The molecule has 3 rings (SSSR count). The van der Waals surface area contributed by atoms with Crippen LogP contribution in [0.25, 0.3) is 10.2 Å². The van der Waals surface area contributed by atoms with Gasteiger partial charge in [-0.3, -0.25) is 4.79 Å². The lowest BCUT2D eigenvalue weighted by Gasteiger charge is -2.05. The zero-order valence-corrected chi connectivity index (χ0v) is 13.5. The fourth-order valence-electron chi connectivity index (χ4n) is 2.50. The number of rotatable bonds is 2. The van der Waals surface area contributed by atoms with Gasteiger partial charge in [0, 0.05) is 22.8 Å². The van der Waals surface area contributed by atoms with Crippen molar-refractivity contribution in [3.63, 3.8) is 0 Å². The number of nitrogens with one attached hydrogen (secondary N) is 1. The molecule has 0 fully saturated rings. The number of aromatic nitrogens is 2. The molecule has 0 aliphatic heterocycles. The molecule has 2 heterocycles. The summed E-state index contributed by atoms with van der Waals surface area (Å²) >= 11 is 1.24. The van der Waals surface area contributed by atoms with E-state index in [4.69, 9.17) is 0 Å². The van der Waals surface area contributed by atoms with Gasteiger partial charge in [0.1, 0.15) is 22.3 Å². The van der Waals surface area contributed by atoms with Gasteiger partial charge in [0.05, 0.1) is 4.88 Å². The summed E-state index contributed by atoms with van der Waals surface area (Å²) in [5.41, 5.74) is 1.64. The van der Waals surface area contributed by atoms with Gasteiger partial charge in [-0.25, -0.2) is 18.7 Å². The summed E-state index contributed by atoms with van der Waals surface area (Å²) < 4.78 is 26.4. The van der Waals surface area contributed by atoms with Crippen LogP contribution in [0.3, 0.4) is 0 Å². The summed E-state index contributed by atoms with van der Waals surface area (Å²) in [6.45, 7) is 5.46. The standard InChI is InChI=1S/C16H13F2N3OS/c1-7-13-8(2)19-9(3)20-16(13)23-14(7)15(22)21-12-5-10(17)4-11(18)6-12/h4-6H,1-3H3,(H,21,22). The van der Waals surface area contributed by atoms with E-state index in [2.05, 4.69) is 15.3 Å². The van der Waals surface area contributed by atoms with E-state index in [9.17, 15) is 13.6 Å². The van der Waals surface area contributed by atoms with Crippen LogP contribution in [0.5, 0.6) is 0 Å². The average Bonchev–Trinajstić information content (AvgIpc) is 2.74. The van der Waals surface area contributed by atoms with Crippen molar-refractivity contribution in [3.05, 3.63) is 51.8 Å². The molecule has 118 valence electrons. The fraction of sp³-hybridized carbons (Fsp3) is 0.188. The maximum absolute atomic E-state index is 13.2. The number of benzene rings is 1. The molecule has 0 unspecified atom stereocenters. The summed E-state index contributed by atoms with van der Waals surface area (Å²) in [6.07, 6.45) is 0. The quantitative estimate of drug-likeness (QED) is 0.766. The van der Waals surface area contributed by atoms with Crippen LogP contribution in [0.4, 0.5) is 14.5 Å². The molecular weight excluding hydrogens is 320 g/mol. The highest BCUT2D eigenvalue weighted by atomic mass is 32.1. The molecule has 7 heteroatoms. The third-order valence-electron chi connectivity index (χ3n) is 3.41. The molecule has 0 saturated carbocycles. The normalized spacial score (nSPS) is 11.0. The lowest BCUT2D eigenvalue weighted by atomic mass is 10.1. The van der Waals surface area contributed by atoms with Crippen molar-refractivity contribution in [2.45, 2.75) is 20.8 Å². The largest absolute Gasteiger partial charge is 0.321 e. The predicted molar refractivity (Wildman–Crippen MR) is 85.9 cm³/mol. The van der Waals surface area contributed by atoms with Gasteiger partial charge in [0.2, 0.25) is 0 Å². The molecule has 0 atom stereocenters. The Bertz CT molecular complexity index is 916. The molecule has 1 N–H and O–H groups in total. The minimum absolute atomic E-state index is 0.0725. The maximum atomic E-state index is 13.2. The van der Waals surface area contributed by atoms with Crippen molar-refractivity contribution in [2.24, 2.45) is 0 Å². The topological polar surface area (TPSA) is 54.9 Å². The molecule has 0 spiro atoms. The van der Waals surface area contributed by atoms with Gasteiger partial charge in [0.25, 0.3) is 5.91 Å². The molecule has 0 radical (unpaired) electrons. The van der Waals surface area contributed by atoms with Crippen molar-refractivity contribution in [2.75, 3.05) is 5.32 Å². The van der Waals surface area contributed by atoms with Crippen LogP contribution >= 0.6 is 11.3 Å². The van der Waals surface area contributed by atoms with Gasteiger partial charge in [-0.1, -0.05) is 0 Å². The summed E-state index contributed by atoms with van der Waals surface area (Å²) in [6, 6.07) is 2.89. The van der Waals surface area contributed by atoms with Gasteiger partial charge in [-0.2, -0.15) is 0 Å². The number of nitrogens with zero attached hydrogens (tertiary/aromatic N) is 2. The summed E-state index contributed by atoms with van der Waals surface area (Å²) in [5, 5.41) is 3.36. The highest BCUT2D eigenvalue weighted by Crippen LogP contribution is 2.31. The third-order valence-corrected chi connectivity index (χ3v) is 4.59. The highest BCUT2D eigenvalue weighted by Gasteiger charge is 2.19. The number of aryl methyl sites for hydroxylation is 3. The van der Waals surface area contributed by atoms with Crippen LogP contribution in [-0.2, 0) is 0 Å². The van der Waals surface area contributed by atoms with E-state index >= 15 is 0 Å². The Labute approximate surface area is 135 Å². The van der Waals surface area contributed by atoms with E-state index < -0.39 is 17.5 Å². The van der Waals surface area contributed by atoms with Crippen LogP contribution in [0.1, 0.15) is 26.8 Å². The molecular formula is C16H13F2N3OS. The van der Waals surface area contributed by atoms with Crippen molar-refractivity contribution < 1.29 is 13.6 Å². The Morgan fingerprint density at radius 3 is 2.39 bits per heavy atom. The average molecular weight is 333 g/mol. The van der Waals surface area contributed by atoms with Crippen molar-refractivity contribution in [1.29, 1.82) is 0 Å². The highest BCUT2D eigenvalue weighted by molar-refractivity contribution is 7.20. The summed E-state index contributed by atoms with van der Waals surface area (Å²) in [7, 11) is 0. The first kappa shape index (κ1) is 15.5. The molecule has 2 aromatic heterocycles. The van der Waals surface area contributed by atoms with E-state index in [0.29, 0.717) is 10.7 Å². The molecule has 0 saturated heterocycles. The van der Waals surface area contributed by atoms with E-state index in [0.717, 1.165) is 39.7 Å². The maximum Gasteiger partial charge on any atom is 0.266 e. The second-order valence-electron chi connectivity index (χ2n) is 5.20. The van der Waals surface area contributed by atoms with Crippen molar-refractivity contribution in [3.8, 4) is 0 Å². The van der Waals surface area contributed by atoms with Gasteiger partial charge in [-0.05, 0) is 38.5 Å². The smallest absolute Gasteiger partial charge is 0.266 e. The van der Waals surface area contributed by atoms with Crippen molar-refractivity contribution in [1.82, 2.24) is 9.97 Å². The first-order chi connectivity index (χ1) is 10.8. The molecule has 0 aliphatic carbocycles. The first-order valence-corrected chi connectivity index (χ1v) is 7.68. The monoisotopic (exact) mass is 333 g/mol. The van der Waals surface area contributed by atoms with E-state index in [1.165, 1.54) is 11.3 Å². The number of fused-ring (bicyclic) bond motifs is 1. The first-order valence-electron chi connectivity index (χ1n) is 6.87. The zero-order chi connectivity index (χ0) is 16.7. The third kappa shape index (κ3) is 2.92. The van der Waals surface area contributed by atoms with Crippen molar-refractivity contribution >= 4 is 33.1 Å². The van der Waals surface area contributed by atoms with Crippen LogP contribution in [0.15, 0.2) is 18.2 Å².